The zero-order valence-electron chi connectivity index (χ0n) is 13.0. The first-order valence-corrected chi connectivity index (χ1v) is 6.90. The fraction of sp³-hybridized carbons (Fsp3) is 0.733. The maximum Gasteiger partial charge on any atom is 0.122 e. The molecule has 19 heavy (non-hydrogen) atoms. The Morgan fingerprint density at radius 3 is 2.74 bits per heavy atom. The van der Waals surface area contributed by atoms with Gasteiger partial charge in [-0.2, -0.15) is 0 Å². The molecule has 1 aromatic rings. The molecule has 110 valence electrons. The Bertz CT molecular complexity index is 355. The number of furan rings is 1. The highest BCUT2D eigenvalue weighted by Crippen LogP contribution is 2.14. The van der Waals surface area contributed by atoms with Crippen molar-refractivity contribution in [3.8, 4) is 0 Å². The van der Waals surface area contributed by atoms with Gasteiger partial charge >= 0.3 is 0 Å². The van der Waals surface area contributed by atoms with Gasteiger partial charge in [0.1, 0.15) is 5.76 Å². The van der Waals surface area contributed by atoms with Crippen molar-refractivity contribution in [3.05, 3.63) is 23.7 Å². The quantitative estimate of drug-likeness (QED) is 0.736. The summed E-state index contributed by atoms with van der Waals surface area (Å²) in [6.07, 6.45) is 2.82. The van der Waals surface area contributed by atoms with Crippen LogP contribution in [0.15, 0.2) is 16.7 Å². The van der Waals surface area contributed by atoms with Crippen molar-refractivity contribution in [1.29, 1.82) is 0 Å². The van der Waals surface area contributed by atoms with Crippen molar-refractivity contribution in [2.75, 3.05) is 27.3 Å². The molecule has 0 aliphatic rings. The highest BCUT2D eigenvalue weighted by molar-refractivity contribution is 5.17. The van der Waals surface area contributed by atoms with Crippen LogP contribution in [0.3, 0.4) is 0 Å². The standard InChI is InChI=1S/C15H28N2O2/c1-15(2,3)16-11-13-7-10-19-14(13)12-17(4)8-6-9-18-5/h7,10,16H,6,8-9,11-12H2,1-5H3. The van der Waals surface area contributed by atoms with Crippen molar-refractivity contribution in [3.63, 3.8) is 0 Å². The lowest BCUT2D eigenvalue weighted by molar-refractivity contribution is 0.175. The summed E-state index contributed by atoms with van der Waals surface area (Å²) in [7, 11) is 3.85. The predicted octanol–water partition coefficient (Wildman–Crippen LogP) is 2.64. The van der Waals surface area contributed by atoms with E-state index in [1.165, 1.54) is 5.56 Å². The highest BCUT2D eigenvalue weighted by atomic mass is 16.5. The Morgan fingerprint density at radius 1 is 1.37 bits per heavy atom. The Kier molecular flexibility index (Phi) is 6.55. The first-order valence-electron chi connectivity index (χ1n) is 6.90. The molecule has 0 unspecified atom stereocenters. The minimum atomic E-state index is 0.124. The van der Waals surface area contributed by atoms with E-state index in [-0.39, 0.29) is 5.54 Å². The Morgan fingerprint density at radius 2 is 2.11 bits per heavy atom. The Balaban J connectivity index is 2.43. The molecule has 0 fully saturated rings. The normalized spacial score (nSPS) is 12.3. The molecule has 4 heteroatoms. The van der Waals surface area contributed by atoms with Gasteiger partial charge in [0.15, 0.2) is 0 Å². The summed E-state index contributed by atoms with van der Waals surface area (Å²) in [5, 5.41) is 3.49. The Labute approximate surface area is 117 Å². The predicted molar refractivity (Wildman–Crippen MR) is 78.1 cm³/mol. The lowest BCUT2D eigenvalue weighted by Crippen LogP contribution is -2.35. The van der Waals surface area contributed by atoms with E-state index < -0.39 is 0 Å². The molecule has 0 aromatic carbocycles. The fourth-order valence-electron chi connectivity index (χ4n) is 1.83. The smallest absolute Gasteiger partial charge is 0.122 e. The van der Waals surface area contributed by atoms with Crippen LogP contribution in [0.25, 0.3) is 0 Å². The van der Waals surface area contributed by atoms with Crippen molar-refractivity contribution >= 4 is 0 Å². The molecule has 0 saturated carbocycles. The van der Waals surface area contributed by atoms with Crippen molar-refractivity contribution in [2.24, 2.45) is 0 Å². The van der Waals surface area contributed by atoms with Crippen LogP contribution in [-0.4, -0.2) is 37.7 Å². The van der Waals surface area contributed by atoms with E-state index in [2.05, 4.69) is 44.1 Å². The summed E-state index contributed by atoms with van der Waals surface area (Å²) in [4.78, 5) is 2.26. The molecular formula is C15H28N2O2. The summed E-state index contributed by atoms with van der Waals surface area (Å²) >= 11 is 0. The van der Waals surface area contributed by atoms with Crippen LogP contribution in [0.4, 0.5) is 0 Å². The highest BCUT2D eigenvalue weighted by Gasteiger charge is 2.13. The zero-order chi connectivity index (χ0) is 14.3. The summed E-state index contributed by atoms with van der Waals surface area (Å²) in [6.45, 7) is 10.0. The van der Waals surface area contributed by atoms with Crippen LogP contribution < -0.4 is 5.32 Å². The largest absolute Gasteiger partial charge is 0.468 e. The molecule has 1 rings (SSSR count). The maximum atomic E-state index is 5.59. The number of ether oxygens (including phenoxy) is 1. The third kappa shape index (κ3) is 6.76. The average Bonchev–Trinajstić information content (AvgIpc) is 2.73. The number of methoxy groups -OCH3 is 1. The van der Waals surface area contributed by atoms with Crippen LogP contribution in [-0.2, 0) is 17.8 Å². The van der Waals surface area contributed by atoms with Gasteiger partial charge < -0.3 is 14.5 Å². The fourth-order valence-corrected chi connectivity index (χ4v) is 1.83. The third-order valence-corrected chi connectivity index (χ3v) is 2.95. The van der Waals surface area contributed by atoms with Gasteiger partial charge in [0.05, 0.1) is 12.8 Å². The van der Waals surface area contributed by atoms with E-state index in [1.54, 1.807) is 13.4 Å². The number of hydrogen-bond donors (Lipinski definition) is 1. The van der Waals surface area contributed by atoms with Crippen LogP contribution in [0, 0.1) is 0 Å². The minimum Gasteiger partial charge on any atom is -0.468 e. The minimum absolute atomic E-state index is 0.124. The van der Waals surface area contributed by atoms with Crippen molar-refractivity contribution in [1.82, 2.24) is 10.2 Å². The maximum absolute atomic E-state index is 5.59. The van der Waals surface area contributed by atoms with Gasteiger partial charge in [0.25, 0.3) is 0 Å². The van der Waals surface area contributed by atoms with Gasteiger partial charge in [-0.05, 0) is 40.3 Å². The first-order chi connectivity index (χ1) is 8.92. The molecule has 1 heterocycles. The molecule has 0 atom stereocenters. The molecule has 1 aromatic heterocycles. The summed E-state index contributed by atoms with van der Waals surface area (Å²) < 4.78 is 10.7. The van der Waals surface area contributed by atoms with Crippen molar-refractivity contribution < 1.29 is 9.15 Å². The average molecular weight is 268 g/mol. The SMILES string of the molecule is COCCCN(C)Cc1occc1CNC(C)(C)C. The summed E-state index contributed by atoms with van der Waals surface area (Å²) in [5.41, 5.74) is 1.37. The summed E-state index contributed by atoms with van der Waals surface area (Å²) in [6, 6.07) is 2.05. The second-order valence-electron chi connectivity index (χ2n) is 6.06. The van der Waals surface area contributed by atoms with E-state index >= 15 is 0 Å². The molecule has 0 saturated heterocycles. The molecule has 0 spiro atoms. The second-order valence-corrected chi connectivity index (χ2v) is 6.06. The van der Waals surface area contributed by atoms with Gasteiger partial charge in [0.2, 0.25) is 0 Å². The second kappa shape index (κ2) is 7.68. The molecule has 1 N–H and O–H groups in total. The van der Waals surface area contributed by atoms with Crippen molar-refractivity contribution in [2.45, 2.75) is 45.8 Å². The monoisotopic (exact) mass is 268 g/mol. The first kappa shape index (κ1) is 16.2. The van der Waals surface area contributed by atoms with Crippen LogP contribution in [0.5, 0.6) is 0 Å². The lowest BCUT2D eigenvalue weighted by atomic mass is 10.1. The van der Waals surface area contributed by atoms with E-state index in [4.69, 9.17) is 9.15 Å². The van der Waals surface area contributed by atoms with E-state index in [1.807, 2.05) is 0 Å². The number of nitrogens with one attached hydrogen (secondary N) is 1. The molecular weight excluding hydrogens is 240 g/mol. The van der Waals surface area contributed by atoms with Crippen LogP contribution in [0.1, 0.15) is 38.5 Å². The summed E-state index contributed by atoms with van der Waals surface area (Å²) in [5.74, 6) is 1.05. The lowest BCUT2D eigenvalue weighted by Gasteiger charge is -2.21. The van der Waals surface area contributed by atoms with Gasteiger partial charge in [-0.3, -0.25) is 4.90 Å². The van der Waals surface area contributed by atoms with E-state index in [0.29, 0.717) is 0 Å². The molecule has 0 bridgehead atoms. The molecule has 0 aliphatic heterocycles. The van der Waals surface area contributed by atoms with Crippen LogP contribution in [0.2, 0.25) is 0 Å². The molecule has 4 nitrogen and oxygen atoms in total. The zero-order valence-corrected chi connectivity index (χ0v) is 13.0. The van der Waals surface area contributed by atoms with E-state index in [0.717, 1.165) is 38.4 Å². The Hall–Kier alpha value is -0.840. The van der Waals surface area contributed by atoms with Gasteiger partial charge in [-0.15, -0.1) is 0 Å². The van der Waals surface area contributed by atoms with Gasteiger partial charge in [0, 0.05) is 37.9 Å². The molecule has 0 radical (unpaired) electrons. The van der Waals surface area contributed by atoms with Crippen LogP contribution >= 0.6 is 0 Å². The molecule has 0 amide bonds. The van der Waals surface area contributed by atoms with E-state index in [9.17, 15) is 0 Å². The number of rotatable bonds is 8. The number of nitrogens with zero attached hydrogens (tertiary/aromatic N) is 1. The molecule has 0 aliphatic carbocycles. The number of hydrogen-bond acceptors (Lipinski definition) is 4. The third-order valence-electron chi connectivity index (χ3n) is 2.95. The van der Waals surface area contributed by atoms with Gasteiger partial charge in [-0.25, -0.2) is 0 Å². The van der Waals surface area contributed by atoms with Gasteiger partial charge in [-0.1, -0.05) is 0 Å². The topological polar surface area (TPSA) is 37.6 Å².